The number of hydrogen-bond acceptors (Lipinski definition) is 4. The van der Waals surface area contributed by atoms with Gasteiger partial charge in [0.1, 0.15) is 6.10 Å². The van der Waals surface area contributed by atoms with Crippen LogP contribution in [0.15, 0.2) is 24.5 Å². The van der Waals surface area contributed by atoms with Crippen molar-refractivity contribution < 1.29 is 9.53 Å². The predicted octanol–water partition coefficient (Wildman–Crippen LogP) is 2.37. The number of carbonyl (C=O) groups is 1. The molecular formula is C20H29N3O2. The van der Waals surface area contributed by atoms with Gasteiger partial charge in [0, 0.05) is 38.6 Å². The van der Waals surface area contributed by atoms with Crippen molar-refractivity contribution in [2.45, 2.75) is 57.3 Å². The lowest BCUT2D eigenvalue weighted by Crippen LogP contribution is -2.51. The SMILES string of the molecule is C[C@@H]1CN(Cc2cccnc2)CC[C@@]12CCC(C(=O)NCC1CC1)O2. The third-order valence-corrected chi connectivity index (χ3v) is 6.17. The Bertz CT molecular complexity index is 604. The summed E-state index contributed by atoms with van der Waals surface area (Å²) >= 11 is 0. The van der Waals surface area contributed by atoms with Gasteiger partial charge < -0.3 is 10.1 Å². The Kier molecular flexibility index (Phi) is 4.78. The third kappa shape index (κ3) is 3.87. The number of rotatable bonds is 5. The van der Waals surface area contributed by atoms with Gasteiger partial charge in [-0.05, 0) is 55.6 Å². The number of piperidine rings is 1. The highest BCUT2D eigenvalue weighted by Crippen LogP contribution is 2.42. The number of carbonyl (C=O) groups excluding carboxylic acids is 1. The molecule has 1 aliphatic carbocycles. The van der Waals surface area contributed by atoms with Crippen LogP contribution in [0.4, 0.5) is 0 Å². The number of ether oxygens (including phenoxy) is 1. The van der Waals surface area contributed by atoms with Crippen molar-refractivity contribution in [3.05, 3.63) is 30.1 Å². The van der Waals surface area contributed by atoms with Crippen molar-refractivity contribution in [2.24, 2.45) is 11.8 Å². The first-order valence-corrected chi connectivity index (χ1v) is 9.71. The minimum absolute atomic E-state index is 0.104. The van der Waals surface area contributed by atoms with Gasteiger partial charge >= 0.3 is 0 Å². The fourth-order valence-corrected chi connectivity index (χ4v) is 4.32. The summed E-state index contributed by atoms with van der Waals surface area (Å²) in [6.07, 6.45) is 8.94. The Morgan fingerprint density at radius 2 is 2.28 bits per heavy atom. The first kappa shape index (κ1) is 17.0. The maximum atomic E-state index is 12.4. The normalized spacial score (nSPS) is 32.8. The van der Waals surface area contributed by atoms with E-state index >= 15 is 0 Å². The molecular weight excluding hydrogens is 314 g/mol. The van der Waals surface area contributed by atoms with Crippen LogP contribution in [-0.4, -0.2) is 47.1 Å². The van der Waals surface area contributed by atoms with Gasteiger partial charge in [-0.2, -0.15) is 0 Å². The highest BCUT2D eigenvalue weighted by Gasteiger charge is 2.48. The van der Waals surface area contributed by atoms with Crippen LogP contribution in [0.3, 0.4) is 0 Å². The standard InChI is InChI=1S/C20H29N3O2/c1-15-13-23(14-17-3-2-9-21-11-17)10-8-20(15)7-6-18(25-20)19(24)22-12-16-4-5-16/h2-3,9,11,15-16,18H,4-8,10,12-14H2,1H3,(H,22,24)/t15-,18?,20+/m1/s1. The first-order valence-electron chi connectivity index (χ1n) is 9.71. The van der Waals surface area contributed by atoms with E-state index in [0.29, 0.717) is 11.8 Å². The molecule has 5 heteroatoms. The Morgan fingerprint density at radius 1 is 1.40 bits per heavy atom. The van der Waals surface area contributed by atoms with E-state index in [1.54, 1.807) is 0 Å². The summed E-state index contributed by atoms with van der Waals surface area (Å²) in [5, 5.41) is 3.08. The average Bonchev–Trinajstić information content (AvgIpc) is 3.35. The molecule has 3 fully saturated rings. The molecule has 3 heterocycles. The molecule has 1 N–H and O–H groups in total. The van der Waals surface area contributed by atoms with Crippen molar-refractivity contribution >= 4 is 5.91 Å². The molecule has 3 aliphatic rings. The smallest absolute Gasteiger partial charge is 0.249 e. The predicted molar refractivity (Wildman–Crippen MR) is 95.9 cm³/mol. The summed E-state index contributed by atoms with van der Waals surface area (Å²) in [6.45, 7) is 6.10. The van der Waals surface area contributed by atoms with Gasteiger partial charge in [0.05, 0.1) is 5.60 Å². The number of amides is 1. The lowest BCUT2D eigenvalue weighted by atomic mass is 9.80. The maximum absolute atomic E-state index is 12.4. The van der Waals surface area contributed by atoms with Crippen LogP contribution in [0, 0.1) is 11.8 Å². The zero-order chi connectivity index (χ0) is 17.3. The minimum Gasteiger partial charge on any atom is -0.362 e. The van der Waals surface area contributed by atoms with Gasteiger partial charge in [0.2, 0.25) is 5.91 Å². The molecule has 5 nitrogen and oxygen atoms in total. The summed E-state index contributed by atoms with van der Waals surface area (Å²) in [7, 11) is 0. The van der Waals surface area contributed by atoms with E-state index in [4.69, 9.17) is 4.74 Å². The summed E-state index contributed by atoms with van der Waals surface area (Å²) in [5.74, 6) is 1.27. The van der Waals surface area contributed by atoms with Crippen LogP contribution in [-0.2, 0) is 16.1 Å². The molecule has 136 valence electrons. The molecule has 0 aromatic carbocycles. The van der Waals surface area contributed by atoms with Crippen molar-refractivity contribution in [1.82, 2.24) is 15.2 Å². The molecule has 1 aromatic rings. The molecule has 4 rings (SSSR count). The molecule has 1 amide bonds. The monoisotopic (exact) mass is 343 g/mol. The second-order valence-electron chi connectivity index (χ2n) is 8.15. The fourth-order valence-electron chi connectivity index (χ4n) is 4.32. The molecule has 2 aliphatic heterocycles. The highest BCUT2D eigenvalue weighted by molar-refractivity contribution is 5.81. The van der Waals surface area contributed by atoms with E-state index in [2.05, 4.69) is 28.2 Å². The van der Waals surface area contributed by atoms with Gasteiger partial charge in [-0.3, -0.25) is 14.7 Å². The van der Waals surface area contributed by atoms with Crippen molar-refractivity contribution in [3.63, 3.8) is 0 Å². The molecule has 3 atom stereocenters. The first-order chi connectivity index (χ1) is 12.1. The Balaban J connectivity index is 1.30. The second-order valence-corrected chi connectivity index (χ2v) is 8.15. The van der Waals surface area contributed by atoms with Crippen LogP contribution < -0.4 is 5.32 Å². The van der Waals surface area contributed by atoms with Gasteiger partial charge in [-0.1, -0.05) is 13.0 Å². The zero-order valence-corrected chi connectivity index (χ0v) is 15.1. The number of aromatic nitrogens is 1. The van der Waals surface area contributed by atoms with Gasteiger partial charge in [0.25, 0.3) is 0 Å². The van der Waals surface area contributed by atoms with Crippen molar-refractivity contribution in [3.8, 4) is 0 Å². The molecule has 1 spiro atoms. The molecule has 1 unspecified atom stereocenters. The number of pyridine rings is 1. The molecule has 25 heavy (non-hydrogen) atoms. The third-order valence-electron chi connectivity index (χ3n) is 6.17. The molecule has 1 saturated carbocycles. The number of nitrogens with zero attached hydrogens (tertiary/aromatic N) is 2. The van der Waals surface area contributed by atoms with E-state index in [9.17, 15) is 4.79 Å². The Morgan fingerprint density at radius 3 is 3.00 bits per heavy atom. The van der Waals surface area contributed by atoms with Crippen LogP contribution in [0.1, 0.15) is 44.6 Å². The lowest BCUT2D eigenvalue weighted by molar-refractivity contribution is -0.147. The summed E-state index contributed by atoms with van der Waals surface area (Å²) in [6, 6.07) is 4.13. The maximum Gasteiger partial charge on any atom is 0.249 e. The quantitative estimate of drug-likeness (QED) is 0.892. The average molecular weight is 343 g/mol. The largest absolute Gasteiger partial charge is 0.362 e. The molecule has 0 radical (unpaired) electrons. The van der Waals surface area contributed by atoms with Gasteiger partial charge in [-0.25, -0.2) is 0 Å². The Hall–Kier alpha value is -1.46. The van der Waals surface area contributed by atoms with E-state index in [1.165, 1.54) is 18.4 Å². The Labute approximate surface area is 150 Å². The zero-order valence-electron chi connectivity index (χ0n) is 15.1. The number of hydrogen-bond donors (Lipinski definition) is 1. The van der Waals surface area contributed by atoms with Crippen molar-refractivity contribution in [1.29, 1.82) is 0 Å². The van der Waals surface area contributed by atoms with Crippen LogP contribution in [0.25, 0.3) is 0 Å². The second kappa shape index (κ2) is 7.04. The topological polar surface area (TPSA) is 54.5 Å². The van der Waals surface area contributed by atoms with Crippen LogP contribution in [0.2, 0.25) is 0 Å². The van der Waals surface area contributed by atoms with E-state index in [0.717, 1.165) is 45.4 Å². The van der Waals surface area contributed by atoms with E-state index in [-0.39, 0.29) is 17.6 Å². The molecule has 1 aromatic heterocycles. The van der Waals surface area contributed by atoms with Gasteiger partial charge in [0.15, 0.2) is 0 Å². The van der Waals surface area contributed by atoms with E-state index in [1.807, 2.05) is 18.5 Å². The van der Waals surface area contributed by atoms with Gasteiger partial charge in [-0.15, -0.1) is 0 Å². The molecule has 2 saturated heterocycles. The minimum atomic E-state index is -0.244. The van der Waals surface area contributed by atoms with Crippen molar-refractivity contribution in [2.75, 3.05) is 19.6 Å². The summed E-state index contributed by atoms with van der Waals surface area (Å²) < 4.78 is 6.36. The van der Waals surface area contributed by atoms with Crippen LogP contribution in [0.5, 0.6) is 0 Å². The number of likely N-dealkylation sites (tertiary alicyclic amines) is 1. The van der Waals surface area contributed by atoms with E-state index < -0.39 is 0 Å². The molecule has 0 bridgehead atoms. The number of nitrogens with one attached hydrogen (secondary N) is 1. The fraction of sp³-hybridized carbons (Fsp3) is 0.700. The summed E-state index contributed by atoms with van der Waals surface area (Å²) in [5.41, 5.74) is 1.16. The lowest BCUT2D eigenvalue weighted by Gasteiger charge is -2.44. The highest BCUT2D eigenvalue weighted by atomic mass is 16.5. The van der Waals surface area contributed by atoms with Crippen LogP contribution >= 0.6 is 0 Å². The summed E-state index contributed by atoms with van der Waals surface area (Å²) in [4.78, 5) is 19.1.